The highest BCUT2D eigenvalue weighted by molar-refractivity contribution is 6.00. The maximum atomic E-state index is 13.3. The van der Waals surface area contributed by atoms with Gasteiger partial charge in [0.1, 0.15) is 11.3 Å². The largest absolute Gasteiger partial charge is 0.497 e. The van der Waals surface area contributed by atoms with Gasteiger partial charge in [0.05, 0.1) is 18.1 Å². The summed E-state index contributed by atoms with van der Waals surface area (Å²) in [4.78, 5) is 26.0. The van der Waals surface area contributed by atoms with Crippen molar-refractivity contribution in [3.8, 4) is 28.0 Å². The first-order chi connectivity index (χ1) is 14.6. The van der Waals surface area contributed by atoms with Gasteiger partial charge in [0, 0.05) is 12.6 Å². The van der Waals surface area contributed by atoms with Gasteiger partial charge in [0.15, 0.2) is 0 Å². The Morgan fingerprint density at radius 1 is 0.933 bits per heavy atom. The van der Waals surface area contributed by atoms with Crippen LogP contribution in [0.25, 0.3) is 33.2 Å². The highest BCUT2D eigenvalue weighted by Crippen LogP contribution is 2.29. The highest BCUT2D eigenvalue weighted by atomic mass is 16.5. The van der Waals surface area contributed by atoms with Crippen molar-refractivity contribution in [1.29, 1.82) is 0 Å². The van der Waals surface area contributed by atoms with Gasteiger partial charge in [-0.05, 0) is 35.7 Å². The van der Waals surface area contributed by atoms with Crippen LogP contribution in [0.5, 0.6) is 5.75 Å². The molecule has 1 amide bonds. The summed E-state index contributed by atoms with van der Waals surface area (Å²) in [6.07, 6.45) is 0. The van der Waals surface area contributed by atoms with Crippen molar-refractivity contribution in [2.24, 2.45) is 0 Å². The predicted molar refractivity (Wildman–Crippen MR) is 118 cm³/mol. The van der Waals surface area contributed by atoms with Crippen molar-refractivity contribution in [3.63, 3.8) is 0 Å². The number of fused-ring (bicyclic) bond motifs is 1. The minimum Gasteiger partial charge on any atom is -0.497 e. The van der Waals surface area contributed by atoms with E-state index in [9.17, 15) is 9.59 Å². The van der Waals surface area contributed by atoms with E-state index in [-0.39, 0.29) is 16.8 Å². The number of amides is 1. The molecule has 1 aromatic heterocycles. The lowest BCUT2D eigenvalue weighted by Crippen LogP contribution is -2.25. The third kappa shape index (κ3) is 3.57. The third-order valence-electron chi connectivity index (χ3n) is 4.92. The molecule has 0 unspecified atom stereocenters. The van der Waals surface area contributed by atoms with Gasteiger partial charge in [-0.2, -0.15) is 0 Å². The van der Waals surface area contributed by atoms with Crippen LogP contribution in [-0.2, 0) is 0 Å². The Morgan fingerprint density at radius 2 is 1.60 bits per heavy atom. The number of rotatable bonds is 5. The molecule has 0 saturated heterocycles. The first-order valence-corrected chi connectivity index (χ1v) is 9.71. The SMILES string of the molecule is CCNC(=O)c1oc2cc(OC)ccc2c(=O)c1-c1ccc(-c2ccccc2)cc1. The van der Waals surface area contributed by atoms with Gasteiger partial charge in [-0.15, -0.1) is 0 Å². The summed E-state index contributed by atoms with van der Waals surface area (Å²) in [6, 6.07) is 22.5. The average Bonchev–Trinajstić information content (AvgIpc) is 2.79. The Balaban J connectivity index is 1.90. The van der Waals surface area contributed by atoms with E-state index in [2.05, 4.69) is 5.32 Å². The van der Waals surface area contributed by atoms with Gasteiger partial charge in [-0.3, -0.25) is 9.59 Å². The molecule has 3 aromatic carbocycles. The summed E-state index contributed by atoms with van der Waals surface area (Å²) >= 11 is 0. The van der Waals surface area contributed by atoms with Crippen LogP contribution in [-0.4, -0.2) is 19.6 Å². The van der Waals surface area contributed by atoms with Crippen LogP contribution in [0.3, 0.4) is 0 Å². The van der Waals surface area contributed by atoms with E-state index >= 15 is 0 Å². The fraction of sp³-hybridized carbons (Fsp3) is 0.120. The molecule has 0 bridgehead atoms. The second-order valence-electron chi connectivity index (χ2n) is 6.80. The van der Waals surface area contributed by atoms with Crippen LogP contribution in [0.4, 0.5) is 0 Å². The number of ether oxygens (including phenoxy) is 1. The Labute approximate surface area is 173 Å². The van der Waals surface area contributed by atoms with E-state index in [1.165, 1.54) is 7.11 Å². The smallest absolute Gasteiger partial charge is 0.287 e. The minimum atomic E-state index is -0.429. The fourth-order valence-electron chi connectivity index (χ4n) is 3.42. The van der Waals surface area contributed by atoms with Crippen molar-refractivity contribution in [2.75, 3.05) is 13.7 Å². The average molecular weight is 399 g/mol. The van der Waals surface area contributed by atoms with Crippen LogP contribution >= 0.6 is 0 Å². The van der Waals surface area contributed by atoms with Crippen LogP contribution in [0.15, 0.2) is 82.0 Å². The summed E-state index contributed by atoms with van der Waals surface area (Å²) in [5, 5.41) is 3.12. The van der Waals surface area contributed by atoms with Crippen LogP contribution in [0, 0.1) is 0 Å². The number of hydrogen-bond donors (Lipinski definition) is 1. The maximum Gasteiger partial charge on any atom is 0.287 e. The second kappa shape index (κ2) is 8.25. The molecule has 5 nitrogen and oxygen atoms in total. The normalized spacial score (nSPS) is 10.7. The summed E-state index contributed by atoms with van der Waals surface area (Å²) in [6.45, 7) is 2.24. The van der Waals surface area contributed by atoms with Gasteiger partial charge >= 0.3 is 0 Å². The maximum absolute atomic E-state index is 13.3. The molecular formula is C25H21NO4. The molecule has 1 heterocycles. The molecule has 30 heavy (non-hydrogen) atoms. The molecule has 0 spiro atoms. The molecular weight excluding hydrogens is 378 g/mol. The molecule has 0 aliphatic heterocycles. The number of nitrogens with one attached hydrogen (secondary N) is 1. The van der Waals surface area contributed by atoms with Crippen molar-refractivity contribution in [1.82, 2.24) is 5.32 Å². The Hall–Kier alpha value is -3.86. The molecule has 0 saturated carbocycles. The molecule has 0 radical (unpaired) electrons. The number of carbonyl (C=O) groups is 1. The predicted octanol–water partition coefficient (Wildman–Crippen LogP) is 4.89. The van der Waals surface area contributed by atoms with Crippen molar-refractivity contribution in [3.05, 3.63) is 88.8 Å². The number of hydrogen-bond acceptors (Lipinski definition) is 4. The van der Waals surface area contributed by atoms with E-state index in [1.54, 1.807) is 18.2 Å². The van der Waals surface area contributed by atoms with Crippen LogP contribution < -0.4 is 15.5 Å². The molecule has 0 aliphatic carbocycles. The molecule has 4 aromatic rings. The molecule has 4 rings (SSSR count). The lowest BCUT2D eigenvalue weighted by Gasteiger charge is -2.11. The Kier molecular flexibility index (Phi) is 5.35. The summed E-state index contributed by atoms with van der Waals surface area (Å²) in [5.41, 5.74) is 3.03. The Bertz CT molecular complexity index is 1260. The zero-order valence-electron chi connectivity index (χ0n) is 16.8. The van der Waals surface area contributed by atoms with Crippen molar-refractivity contribution >= 4 is 16.9 Å². The van der Waals surface area contributed by atoms with Crippen molar-refractivity contribution in [2.45, 2.75) is 6.92 Å². The van der Waals surface area contributed by atoms with E-state index in [0.717, 1.165) is 11.1 Å². The monoisotopic (exact) mass is 399 g/mol. The topological polar surface area (TPSA) is 68.5 Å². The van der Waals surface area contributed by atoms with E-state index in [4.69, 9.17) is 9.15 Å². The first kappa shape index (κ1) is 19.5. The van der Waals surface area contributed by atoms with E-state index in [0.29, 0.717) is 28.8 Å². The second-order valence-corrected chi connectivity index (χ2v) is 6.80. The van der Waals surface area contributed by atoms with Crippen LogP contribution in [0.2, 0.25) is 0 Å². The summed E-state index contributed by atoms with van der Waals surface area (Å²) < 4.78 is 11.1. The van der Waals surface area contributed by atoms with E-state index < -0.39 is 5.91 Å². The zero-order chi connectivity index (χ0) is 21.1. The molecule has 1 N–H and O–H groups in total. The van der Waals surface area contributed by atoms with Gasteiger partial charge in [-0.1, -0.05) is 54.6 Å². The number of carbonyl (C=O) groups excluding carboxylic acids is 1. The molecule has 0 aliphatic rings. The molecule has 0 fully saturated rings. The zero-order valence-corrected chi connectivity index (χ0v) is 16.8. The molecule has 150 valence electrons. The minimum absolute atomic E-state index is 0.00457. The fourth-order valence-corrected chi connectivity index (χ4v) is 3.42. The number of methoxy groups -OCH3 is 1. The summed E-state index contributed by atoms with van der Waals surface area (Å²) in [5.74, 6) is 0.115. The highest BCUT2D eigenvalue weighted by Gasteiger charge is 2.22. The first-order valence-electron chi connectivity index (χ1n) is 9.71. The van der Waals surface area contributed by atoms with Gasteiger partial charge < -0.3 is 14.5 Å². The van der Waals surface area contributed by atoms with Gasteiger partial charge in [0.25, 0.3) is 5.91 Å². The van der Waals surface area contributed by atoms with Crippen molar-refractivity contribution < 1.29 is 13.9 Å². The lowest BCUT2D eigenvalue weighted by atomic mass is 9.98. The van der Waals surface area contributed by atoms with Gasteiger partial charge in [-0.25, -0.2) is 0 Å². The number of benzene rings is 3. The van der Waals surface area contributed by atoms with E-state index in [1.807, 2.05) is 61.5 Å². The Morgan fingerprint density at radius 3 is 2.27 bits per heavy atom. The third-order valence-corrected chi connectivity index (χ3v) is 4.92. The summed E-state index contributed by atoms with van der Waals surface area (Å²) in [7, 11) is 1.53. The quantitative estimate of drug-likeness (QED) is 0.519. The standard InChI is InChI=1S/C25H21NO4/c1-3-26-25(28)24-22(23(27)20-14-13-19(29-2)15-21(20)30-24)18-11-9-17(10-12-18)16-7-5-4-6-8-16/h4-15H,3H2,1-2H3,(H,26,28). The van der Waals surface area contributed by atoms with Crippen LogP contribution in [0.1, 0.15) is 17.5 Å². The lowest BCUT2D eigenvalue weighted by molar-refractivity contribution is 0.0930. The molecule has 0 atom stereocenters. The van der Waals surface area contributed by atoms with Gasteiger partial charge in [0.2, 0.25) is 11.2 Å². The molecule has 5 heteroatoms.